The summed E-state index contributed by atoms with van der Waals surface area (Å²) in [6.07, 6.45) is -1.28. The molecule has 0 bridgehead atoms. The SMILES string of the molecule is C=C[C@](C)(CCC=C(C)C)OC1O[C@H](CO)[C@@H](O)[C@H](O)[C@H]1O. The molecule has 4 N–H and O–H groups in total. The number of aliphatic hydroxyl groups is 4. The molecule has 1 rings (SSSR count). The lowest BCUT2D eigenvalue weighted by molar-refractivity contribution is -0.319. The third-order valence-corrected chi connectivity index (χ3v) is 3.86. The summed E-state index contributed by atoms with van der Waals surface area (Å²) in [6.45, 7) is 9.08. The second-order valence-corrected chi connectivity index (χ2v) is 6.15. The van der Waals surface area contributed by atoms with Crippen molar-refractivity contribution in [2.75, 3.05) is 6.61 Å². The quantitative estimate of drug-likeness (QED) is 0.510. The Morgan fingerprint density at radius 3 is 2.36 bits per heavy atom. The highest BCUT2D eigenvalue weighted by atomic mass is 16.7. The van der Waals surface area contributed by atoms with Gasteiger partial charge in [0, 0.05) is 0 Å². The van der Waals surface area contributed by atoms with Gasteiger partial charge in [-0.2, -0.15) is 0 Å². The van der Waals surface area contributed by atoms with Crippen LogP contribution >= 0.6 is 0 Å². The van der Waals surface area contributed by atoms with E-state index in [1.165, 1.54) is 5.57 Å². The minimum absolute atomic E-state index is 0.479. The Labute approximate surface area is 131 Å². The lowest BCUT2D eigenvalue weighted by Crippen LogP contribution is -2.60. The van der Waals surface area contributed by atoms with Gasteiger partial charge in [-0.05, 0) is 33.6 Å². The number of allylic oxidation sites excluding steroid dienone is 2. The van der Waals surface area contributed by atoms with Gasteiger partial charge in [0.25, 0.3) is 0 Å². The molecule has 0 aromatic carbocycles. The van der Waals surface area contributed by atoms with Gasteiger partial charge in [-0.15, -0.1) is 6.58 Å². The van der Waals surface area contributed by atoms with Gasteiger partial charge in [0.05, 0.1) is 12.2 Å². The Kier molecular flexibility index (Phi) is 7.18. The highest BCUT2D eigenvalue weighted by molar-refractivity contribution is 5.00. The first-order chi connectivity index (χ1) is 10.2. The molecule has 6 atom stereocenters. The number of aliphatic hydroxyl groups excluding tert-OH is 4. The molecule has 0 aromatic rings. The molecule has 1 aliphatic heterocycles. The van der Waals surface area contributed by atoms with Crippen LogP contribution in [0, 0.1) is 0 Å². The fraction of sp³-hybridized carbons (Fsp3) is 0.750. The second kappa shape index (κ2) is 8.19. The Morgan fingerprint density at radius 2 is 1.86 bits per heavy atom. The van der Waals surface area contributed by atoms with E-state index in [0.29, 0.717) is 6.42 Å². The van der Waals surface area contributed by atoms with E-state index in [4.69, 9.17) is 9.47 Å². The van der Waals surface area contributed by atoms with Crippen LogP contribution in [0.5, 0.6) is 0 Å². The monoisotopic (exact) mass is 316 g/mol. The van der Waals surface area contributed by atoms with Gasteiger partial charge in [0.2, 0.25) is 0 Å². The molecule has 1 unspecified atom stereocenters. The second-order valence-electron chi connectivity index (χ2n) is 6.15. The predicted octanol–water partition coefficient (Wildman–Crippen LogP) is 0.494. The average molecular weight is 316 g/mol. The van der Waals surface area contributed by atoms with Crippen LogP contribution in [0.2, 0.25) is 0 Å². The summed E-state index contributed by atoms with van der Waals surface area (Å²) in [4.78, 5) is 0. The number of ether oxygens (including phenoxy) is 2. The summed E-state index contributed by atoms with van der Waals surface area (Å²) in [7, 11) is 0. The van der Waals surface area contributed by atoms with Crippen LogP contribution in [-0.4, -0.2) is 63.3 Å². The molecule has 0 aromatic heterocycles. The van der Waals surface area contributed by atoms with Crippen molar-refractivity contribution in [3.63, 3.8) is 0 Å². The van der Waals surface area contributed by atoms with Crippen LogP contribution in [-0.2, 0) is 9.47 Å². The maximum absolute atomic E-state index is 10.0. The van der Waals surface area contributed by atoms with E-state index in [2.05, 4.69) is 12.7 Å². The lowest BCUT2D eigenvalue weighted by Gasteiger charge is -2.42. The molecule has 128 valence electrons. The van der Waals surface area contributed by atoms with E-state index in [0.717, 1.165) is 6.42 Å². The molecule has 1 fully saturated rings. The van der Waals surface area contributed by atoms with Gasteiger partial charge in [0.1, 0.15) is 24.4 Å². The molecule has 0 aliphatic carbocycles. The third kappa shape index (κ3) is 4.87. The highest BCUT2D eigenvalue weighted by Gasteiger charge is 2.45. The molecule has 0 saturated carbocycles. The first kappa shape index (κ1) is 19.3. The summed E-state index contributed by atoms with van der Waals surface area (Å²) in [6, 6.07) is 0. The van der Waals surface area contributed by atoms with E-state index < -0.39 is 42.9 Å². The summed E-state index contributed by atoms with van der Waals surface area (Å²) < 4.78 is 11.1. The van der Waals surface area contributed by atoms with Crippen molar-refractivity contribution < 1.29 is 29.9 Å². The van der Waals surface area contributed by atoms with Gasteiger partial charge in [0.15, 0.2) is 6.29 Å². The summed E-state index contributed by atoms with van der Waals surface area (Å²) in [5.41, 5.74) is 0.429. The van der Waals surface area contributed by atoms with Gasteiger partial charge in [-0.1, -0.05) is 17.7 Å². The Balaban J connectivity index is 2.75. The predicted molar refractivity (Wildman–Crippen MR) is 82.1 cm³/mol. The molecular formula is C16H28O6. The van der Waals surface area contributed by atoms with Crippen LogP contribution in [0.3, 0.4) is 0 Å². The molecule has 6 nitrogen and oxygen atoms in total. The Hall–Kier alpha value is -0.760. The Morgan fingerprint density at radius 1 is 1.23 bits per heavy atom. The van der Waals surface area contributed by atoms with Crippen molar-refractivity contribution in [1.29, 1.82) is 0 Å². The molecule has 1 saturated heterocycles. The first-order valence-electron chi connectivity index (χ1n) is 7.49. The number of rotatable bonds is 7. The Bertz CT molecular complexity index is 390. The zero-order valence-corrected chi connectivity index (χ0v) is 13.5. The van der Waals surface area contributed by atoms with E-state index >= 15 is 0 Å². The maximum Gasteiger partial charge on any atom is 0.187 e. The summed E-state index contributed by atoms with van der Waals surface area (Å²) >= 11 is 0. The molecule has 0 amide bonds. The topological polar surface area (TPSA) is 99.4 Å². The van der Waals surface area contributed by atoms with Crippen LogP contribution in [0.4, 0.5) is 0 Å². The largest absolute Gasteiger partial charge is 0.394 e. The zero-order valence-electron chi connectivity index (χ0n) is 13.5. The summed E-state index contributed by atoms with van der Waals surface area (Å²) in [5.74, 6) is 0. The van der Waals surface area contributed by atoms with Crippen LogP contribution in [0.25, 0.3) is 0 Å². The molecule has 6 heteroatoms. The van der Waals surface area contributed by atoms with Gasteiger partial charge >= 0.3 is 0 Å². The van der Waals surface area contributed by atoms with Crippen molar-refractivity contribution in [2.45, 2.75) is 69.9 Å². The van der Waals surface area contributed by atoms with Crippen LogP contribution in [0.15, 0.2) is 24.3 Å². The van der Waals surface area contributed by atoms with Gasteiger partial charge in [-0.25, -0.2) is 0 Å². The van der Waals surface area contributed by atoms with Crippen molar-refractivity contribution in [3.05, 3.63) is 24.3 Å². The minimum atomic E-state index is -1.44. The average Bonchev–Trinajstić information content (AvgIpc) is 2.47. The fourth-order valence-electron chi connectivity index (χ4n) is 2.29. The third-order valence-electron chi connectivity index (χ3n) is 3.86. The maximum atomic E-state index is 10.0. The van der Waals surface area contributed by atoms with E-state index in [1.807, 2.05) is 13.8 Å². The summed E-state index contributed by atoms with van der Waals surface area (Å²) in [5, 5.41) is 38.7. The number of hydrogen-bond acceptors (Lipinski definition) is 6. The van der Waals surface area contributed by atoms with Crippen molar-refractivity contribution >= 4 is 0 Å². The normalized spacial score (nSPS) is 34.8. The molecule has 22 heavy (non-hydrogen) atoms. The molecule has 0 spiro atoms. The molecular weight excluding hydrogens is 288 g/mol. The molecule has 1 heterocycles. The molecule has 0 radical (unpaired) electrons. The first-order valence-corrected chi connectivity index (χ1v) is 7.49. The molecule has 1 aliphatic rings. The highest BCUT2D eigenvalue weighted by Crippen LogP contribution is 2.29. The van der Waals surface area contributed by atoms with Crippen molar-refractivity contribution in [1.82, 2.24) is 0 Å². The zero-order chi connectivity index (χ0) is 16.9. The lowest BCUT2D eigenvalue weighted by atomic mass is 9.96. The fourth-order valence-corrected chi connectivity index (χ4v) is 2.29. The van der Waals surface area contributed by atoms with Crippen LogP contribution < -0.4 is 0 Å². The van der Waals surface area contributed by atoms with Crippen molar-refractivity contribution in [2.24, 2.45) is 0 Å². The van der Waals surface area contributed by atoms with E-state index in [1.54, 1.807) is 13.0 Å². The van der Waals surface area contributed by atoms with Gasteiger partial charge in [-0.3, -0.25) is 0 Å². The standard InChI is InChI=1S/C16H28O6/c1-5-16(4,8-6-7-10(2)3)22-15-14(20)13(19)12(18)11(9-17)21-15/h5,7,11-15,17-20H,1,6,8-9H2,2-4H3/t11-,12-,13+,14-,15?,16-/m1/s1. The van der Waals surface area contributed by atoms with Gasteiger partial charge < -0.3 is 29.9 Å². The van der Waals surface area contributed by atoms with Crippen molar-refractivity contribution in [3.8, 4) is 0 Å². The van der Waals surface area contributed by atoms with E-state index in [9.17, 15) is 20.4 Å². The number of hydrogen-bond donors (Lipinski definition) is 4. The smallest absolute Gasteiger partial charge is 0.187 e. The van der Waals surface area contributed by atoms with E-state index in [-0.39, 0.29) is 0 Å². The van der Waals surface area contributed by atoms with Crippen LogP contribution in [0.1, 0.15) is 33.6 Å². The minimum Gasteiger partial charge on any atom is -0.394 e.